The highest BCUT2D eigenvalue weighted by molar-refractivity contribution is 6.06. The van der Waals surface area contributed by atoms with Crippen LogP contribution in [-0.2, 0) is 6.42 Å². The molecule has 9 heteroatoms. The Morgan fingerprint density at radius 3 is 2.40 bits per heavy atom. The Hall–Kier alpha value is -5.44. The molecule has 2 aliphatic heterocycles. The van der Waals surface area contributed by atoms with Crippen molar-refractivity contribution >= 4 is 24.0 Å². The van der Waals surface area contributed by atoms with Crippen molar-refractivity contribution in [2.45, 2.75) is 89.4 Å². The third-order valence-corrected chi connectivity index (χ3v) is 11.6. The predicted molar refractivity (Wildman–Crippen MR) is 241 cm³/mol. The van der Waals surface area contributed by atoms with Gasteiger partial charge >= 0.3 is 0 Å². The minimum absolute atomic E-state index is 0.202. The van der Waals surface area contributed by atoms with Crippen LogP contribution in [0.4, 0.5) is 10.1 Å². The summed E-state index contributed by atoms with van der Waals surface area (Å²) < 4.78 is 15.6. The Morgan fingerprint density at radius 1 is 1.07 bits per heavy atom. The molecular weight excluding hydrogens is 708 g/mol. The second-order valence-corrected chi connectivity index (χ2v) is 16.0. The molecule has 0 spiro atoms. The Morgan fingerprint density at radius 2 is 1.77 bits per heavy atom. The van der Waals surface area contributed by atoms with E-state index in [9.17, 15) is 0 Å². The monoisotopic (exact) mass is 771 g/mol. The van der Waals surface area contributed by atoms with Gasteiger partial charge in [0, 0.05) is 72.6 Å². The normalized spacial score (nSPS) is 24.1. The molecular formula is C48H63FN8. The van der Waals surface area contributed by atoms with E-state index < -0.39 is 5.67 Å². The van der Waals surface area contributed by atoms with E-state index in [2.05, 4.69) is 108 Å². The first-order chi connectivity index (χ1) is 27.2. The van der Waals surface area contributed by atoms with Gasteiger partial charge in [-0.3, -0.25) is 10.4 Å². The topological polar surface area (TPSA) is 91.1 Å². The number of aliphatic imine (C=N–C) groups is 2. The summed E-state index contributed by atoms with van der Waals surface area (Å²) in [6, 6.07) is 8.03. The zero-order chi connectivity index (χ0) is 41.3. The maximum Gasteiger partial charge on any atom is 0.136 e. The molecule has 5 rings (SSSR count). The van der Waals surface area contributed by atoms with Crippen molar-refractivity contribution in [1.82, 2.24) is 20.4 Å². The van der Waals surface area contributed by atoms with Crippen LogP contribution in [0.1, 0.15) is 71.3 Å². The minimum Gasteiger partial charge on any atom is -0.380 e. The third kappa shape index (κ3) is 10.3. The number of amidine groups is 1. The van der Waals surface area contributed by atoms with Crippen molar-refractivity contribution in [2.75, 3.05) is 38.5 Å². The number of benzene rings is 1. The second-order valence-electron chi connectivity index (χ2n) is 16.0. The zero-order valence-corrected chi connectivity index (χ0v) is 34.7. The van der Waals surface area contributed by atoms with Crippen molar-refractivity contribution < 1.29 is 4.39 Å². The zero-order valence-electron chi connectivity index (χ0n) is 34.7. The molecule has 4 N–H and O–H groups in total. The molecule has 0 amide bonds. The van der Waals surface area contributed by atoms with E-state index in [-0.39, 0.29) is 24.0 Å². The van der Waals surface area contributed by atoms with Gasteiger partial charge in [-0.2, -0.15) is 0 Å². The molecule has 4 aliphatic rings. The lowest BCUT2D eigenvalue weighted by Crippen LogP contribution is -2.53. The van der Waals surface area contributed by atoms with Crippen LogP contribution in [0, 0.1) is 5.41 Å². The SMILES string of the molecule is C=N/C(=C1/C=CC/C1=N/C)N1CCC(NC(=C)CCc2ccc(NC(=C)[C@@H]3CC(C)(F)CN3C(=C)CNC(=N)C(/C=C\C)=C3\C=CCCC3=C)cc2)(C(=C)C)CC1. The molecule has 1 aromatic rings. The lowest BCUT2D eigenvalue weighted by atomic mass is 9.81. The number of likely N-dealkylation sites (tertiary alicyclic amines) is 2. The fourth-order valence-electron chi connectivity index (χ4n) is 8.28. The molecule has 1 aromatic carbocycles. The Labute approximate surface area is 341 Å². The molecule has 0 aromatic heterocycles. The van der Waals surface area contributed by atoms with Crippen molar-refractivity contribution in [3.8, 4) is 0 Å². The van der Waals surface area contributed by atoms with E-state index in [1.807, 2.05) is 49.2 Å². The number of anilines is 1. The minimum atomic E-state index is -1.40. The molecule has 302 valence electrons. The summed E-state index contributed by atoms with van der Waals surface area (Å²) >= 11 is 0. The summed E-state index contributed by atoms with van der Waals surface area (Å²) in [5.74, 6) is 1.19. The number of nitrogens with zero attached hydrogens (tertiary/aromatic N) is 4. The van der Waals surface area contributed by atoms with Crippen molar-refractivity contribution in [1.29, 1.82) is 5.41 Å². The molecule has 1 unspecified atom stereocenters. The van der Waals surface area contributed by atoms with Crippen LogP contribution < -0.4 is 16.0 Å². The van der Waals surface area contributed by atoms with Crippen molar-refractivity contribution in [3.63, 3.8) is 0 Å². The summed E-state index contributed by atoms with van der Waals surface area (Å²) in [5.41, 5.74) is 8.88. The lowest BCUT2D eigenvalue weighted by molar-refractivity contribution is 0.195. The molecule has 2 atom stereocenters. The van der Waals surface area contributed by atoms with Gasteiger partial charge < -0.3 is 25.8 Å². The van der Waals surface area contributed by atoms with Gasteiger partial charge in [0.2, 0.25) is 0 Å². The summed E-state index contributed by atoms with van der Waals surface area (Å²) in [7, 11) is 1.83. The van der Waals surface area contributed by atoms with Gasteiger partial charge in [-0.1, -0.05) is 87.1 Å². The second kappa shape index (κ2) is 18.7. The van der Waals surface area contributed by atoms with Gasteiger partial charge in [-0.05, 0) is 94.9 Å². The number of hydrogen-bond donors (Lipinski definition) is 4. The van der Waals surface area contributed by atoms with Gasteiger partial charge in [0.25, 0.3) is 0 Å². The lowest BCUT2D eigenvalue weighted by Gasteiger charge is -2.45. The summed E-state index contributed by atoms with van der Waals surface area (Å²) in [5, 5.41) is 19.3. The third-order valence-electron chi connectivity index (χ3n) is 11.6. The molecule has 2 aliphatic carbocycles. The number of alkyl halides is 1. The van der Waals surface area contributed by atoms with E-state index in [1.165, 1.54) is 5.56 Å². The highest BCUT2D eigenvalue weighted by Gasteiger charge is 2.43. The highest BCUT2D eigenvalue weighted by Crippen LogP contribution is 2.37. The Balaban J connectivity index is 1.14. The molecule has 0 saturated carbocycles. The van der Waals surface area contributed by atoms with Crippen LogP contribution in [-0.4, -0.2) is 78.5 Å². The molecule has 0 bridgehead atoms. The van der Waals surface area contributed by atoms with Crippen LogP contribution in [0.5, 0.6) is 0 Å². The molecule has 2 saturated heterocycles. The molecule has 0 radical (unpaired) electrons. The predicted octanol–water partition coefficient (Wildman–Crippen LogP) is 9.66. The van der Waals surface area contributed by atoms with Crippen LogP contribution in [0.25, 0.3) is 0 Å². The number of aryl methyl sites for hydroxylation is 1. The summed E-state index contributed by atoms with van der Waals surface area (Å²) in [4.78, 5) is 13.2. The van der Waals surface area contributed by atoms with Gasteiger partial charge in [0.1, 0.15) is 17.3 Å². The van der Waals surface area contributed by atoms with Crippen LogP contribution >= 0.6 is 0 Å². The smallest absolute Gasteiger partial charge is 0.136 e. The van der Waals surface area contributed by atoms with Crippen LogP contribution in [0.15, 0.2) is 154 Å². The first-order valence-corrected chi connectivity index (χ1v) is 20.1. The van der Waals surface area contributed by atoms with Gasteiger partial charge in [-0.15, -0.1) is 0 Å². The van der Waals surface area contributed by atoms with Gasteiger partial charge in [-0.25, -0.2) is 9.38 Å². The van der Waals surface area contributed by atoms with Gasteiger partial charge in [0.15, 0.2) is 0 Å². The van der Waals surface area contributed by atoms with Crippen molar-refractivity contribution in [2.24, 2.45) is 9.98 Å². The fraction of sp³-hybridized carbons (Fsp3) is 0.396. The number of allylic oxidation sites excluding steroid dienone is 9. The molecule has 2 heterocycles. The number of nitrogens with one attached hydrogen (secondary N) is 4. The Kier molecular flexibility index (Phi) is 14.0. The van der Waals surface area contributed by atoms with Crippen molar-refractivity contribution in [3.05, 3.63) is 150 Å². The number of piperidine rings is 1. The number of rotatable bonds is 16. The maximum absolute atomic E-state index is 15.6. The number of hydrogen-bond acceptors (Lipinski definition) is 7. The quantitative estimate of drug-likeness (QED) is 0.0764. The summed E-state index contributed by atoms with van der Waals surface area (Å²) in [6.45, 7) is 33.4. The first-order valence-electron chi connectivity index (χ1n) is 20.1. The summed E-state index contributed by atoms with van der Waals surface area (Å²) in [6.07, 6.45) is 18.6. The molecule has 8 nitrogen and oxygen atoms in total. The van der Waals surface area contributed by atoms with E-state index in [0.29, 0.717) is 24.4 Å². The average molecular weight is 771 g/mol. The van der Waals surface area contributed by atoms with Gasteiger partial charge in [0.05, 0.1) is 24.7 Å². The first kappa shape index (κ1) is 42.7. The van der Waals surface area contributed by atoms with E-state index >= 15 is 4.39 Å². The maximum atomic E-state index is 15.6. The van der Waals surface area contributed by atoms with E-state index in [0.717, 1.165) is 109 Å². The number of halogens is 1. The average Bonchev–Trinajstić information content (AvgIpc) is 3.80. The highest BCUT2D eigenvalue weighted by atomic mass is 19.1. The van der Waals surface area contributed by atoms with Crippen LogP contribution in [0.3, 0.4) is 0 Å². The van der Waals surface area contributed by atoms with E-state index in [4.69, 9.17) is 5.41 Å². The standard InChI is InChI=1S/C48H63FN8/c1-11-15-41(40-17-13-12-16-34(40)4)45(50)53-31-36(6)57-32-47(8,49)30-44(57)37(7)54-39-24-22-38(23-25-39)21-20-35(5)55-48(33(2)3)26-28-56(29-27-48)46(52-10)42-18-14-19-43(42)51-9/h11,13-15,17-18,22-25,44,54-55H,2,4-7,10,12,16,19-21,26-32H2,1,3,8-9H3,(H2,50,53)/b15-11-,41-40+,46-42+,51-43-/t44-,47?/m0/s1. The van der Waals surface area contributed by atoms with Crippen LogP contribution in [0.2, 0.25) is 0 Å². The fourth-order valence-corrected chi connectivity index (χ4v) is 8.28. The molecule has 2 fully saturated rings. The Bertz CT molecular complexity index is 1960. The molecule has 57 heavy (non-hydrogen) atoms. The van der Waals surface area contributed by atoms with E-state index in [1.54, 1.807) is 6.92 Å². The largest absolute Gasteiger partial charge is 0.380 e.